The summed E-state index contributed by atoms with van der Waals surface area (Å²) >= 11 is 0. The third-order valence-electron chi connectivity index (χ3n) is 6.93. The standard InChI is InChI=1S/C27H35N7O/c1-19(2)31-27(35)34-8-6-20(7-9-34)25-17-30-26-24(25)14-22(16-29-26)21-4-5-23(28-15-21)18-33-12-10-32(3)11-13-33/h4-6,14-17,19H,7-13,18H2,1-3H3,(H,29,30)(H,31,35). The maximum atomic E-state index is 12.3. The number of carbonyl (C=O) groups is 1. The van der Waals surface area contributed by atoms with Gasteiger partial charge in [-0.05, 0) is 45.0 Å². The van der Waals surface area contributed by atoms with Gasteiger partial charge < -0.3 is 20.1 Å². The second-order valence-corrected chi connectivity index (χ2v) is 9.97. The molecule has 35 heavy (non-hydrogen) atoms. The number of piperazine rings is 1. The van der Waals surface area contributed by atoms with Crippen LogP contribution < -0.4 is 5.32 Å². The van der Waals surface area contributed by atoms with Crippen LogP contribution in [0.15, 0.2) is 42.9 Å². The Hall–Kier alpha value is -3.23. The first-order valence-electron chi connectivity index (χ1n) is 12.5. The Labute approximate surface area is 207 Å². The van der Waals surface area contributed by atoms with Gasteiger partial charge in [0.05, 0.1) is 5.69 Å². The van der Waals surface area contributed by atoms with Crippen LogP contribution in [0.25, 0.3) is 27.7 Å². The fraction of sp³-hybridized carbons (Fsp3) is 0.444. The minimum atomic E-state index is 0.00162. The minimum absolute atomic E-state index is 0.00162. The van der Waals surface area contributed by atoms with E-state index in [0.29, 0.717) is 13.1 Å². The van der Waals surface area contributed by atoms with Crippen LogP contribution in [0.5, 0.6) is 0 Å². The monoisotopic (exact) mass is 473 g/mol. The van der Waals surface area contributed by atoms with Crippen LogP contribution >= 0.6 is 0 Å². The quantitative estimate of drug-likeness (QED) is 0.592. The summed E-state index contributed by atoms with van der Waals surface area (Å²) in [4.78, 5) is 31.8. The van der Waals surface area contributed by atoms with E-state index in [2.05, 4.69) is 56.4 Å². The number of nitrogens with zero attached hydrogens (tertiary/aromatic N) is 5. The van der Waals surface area contributed by atoms with Crippen molar-refractivity contribution in [3.05, 3.63) is 54.1 Å². The number of carbonyl (C=O) groups excluding carboxylic acids is 1. The van der Waals surface area contributed by atoms with Gasteiger partial charge >= 0.3 is 6.03 Å². The van der Waals surface area contributed by atoms with E-state index in [1.54, 1.807) is 0 Å². The first-order chi connectivity index (χ1) is 17.0. The number of pyridine rings is 2. The van der Waals surface area contributed by atoms with Gasteiger partial charge in [-0.15, -0.1) is 0 Å². The molecule has 2 aliphatic heterocycles. The number of urea groups is 1. The van der Waals surface area contributed by atoms with Crippen molar-refractivity contribution in [1.82, 2.24) is 35.0 Å². The summed E-state index contributed by atoms with van der Waals surface area (Å²) in [6, 6.07) is 6.63. The molecule has 0 atom stereocenters. The molecule has 5 heterocycles. The number of hydrogen-bond donors (Lipinski definition) is 2. The summed E-state index contributed by atoms with van der Waals surface area (Å²) < 4.78 is 0. The fourth-order valence-electron chi connectivity index (χ4n) is 4.79. The molecule has 0 aromatic carbocycles. The third-order valence-corrected chi connectivity index (χ3v) is 6.93. The Morgan fingerprint density at radius 2 is 1.89 bits per heavy atom. The molecule has 3 aromatic heterocycles. The maximum Gasteiger partial charge on any atom is 0.317 e. The topological polar surface area (TPSA) is 80.4 Å². The zero-order valence-corrected chi connectivity index (χ0v) is 20.9. The van der Waals surface area contributed by atoms with E-state index >= 15 is 0 Å². The average molecular weight is 474 g/mol. The van der Waals surface area contributed by atoms with Crippen LogP contribution in [0.3, 0.4) is 0 Å². The summed E-state index contributed by atoms with van der Waals surface area (Å²) in [5, 5.41) is 4.08. The molecule has 0 aliphatic carbocycles. The zero-order chi connectivity index (χ0) is 24.4. The molecule has 5 rings (SSSR count). The first-order valence-corrected chi connectivity index (χ1v) is 12.5. The van der Waals surface area contributed by atoms with Crippen LogP contribution in [0.2, 0.25) is 0 Å². The van der Waals surface area contributed by atoms with E-state index in [1.807, 2.05) is 37.3 Å². The van der Waals surface area contributed by atoms with Gasteiger partial charge in [-0.2, -0.15) is 0 Å². The molecule has 0 bridgehead atoms. The van der Waals surface area contributed by atoms with Gasteiger partial charge in [-0.25, -0.2) is 9.78 Å². The van der Waals surface area contributed by atoms with Gasteiger partial charge in [0, 0.05) is 92.5 Å². The van der Waals surface area contributed by atoms with Crippen LogP contribution in [-0.2, 0) is 6.54 Å². The number of likely N-dealkylation sites (N-methyl/N-ethyl adjacent to an activating group) is 1. The highest BCUT2D eigenvalue weighted by molar-refractivity contribution is 5.93. The molecule has 2 amide bonds. The Morgan fingerprint density at radius 3 is 2.57 bits per heavy atom. The van der Waals surface area contributed by atoms with Gasteiger partial charge in [-0.3, -0.25) is 9.88 Å². The number of fused-ring (bicyclic) bond motifs is 1. The summed E-state index contributed by atoms with van der Waals surface area (Å²) in [5.74, 6) is 0. The van der Waals surface area contributed by atoms with E-state index in [-0.39, 0.29) is 12.1 Å². The van der Waals surface area contributed by atoms with Crippen molar-refractivity contribution < 1.29 is 4.79 Å². The van der Waals surface area contributed by atoms with Crippen molar-refractivity contribution in [2.75, 3.05) is 46.3 Å². The summed E-state index contributed by atoms with van der Waals surface area (Å²) in [6.07, 6.45) is 8.89. The number of aromatic amines is 1. The van der Waals surface area contributed by atoms with Crippen molar-refractivity contribution in [1.29, 1.82) is 0 Å². The maximum absolute atomic E-state index is 12.3. The van der Waals surface area contributed by atoms with Crippen LogP contribution in [0.1, 0.15) is 31.5 Å². The highest BCUT2D eigenvalue weighted by Gasteiger charge is 2.20. The highest BCUT2D eigenvalue weighted by Crippen LogP contribution is 2.31. The predicted octanol–water partition coefficient (Wildman–Crippen LogP) is 3.58. The largest absolute Gasteiger partial charge is 0.346 e. The minimum Gasteiger partial charge on any atom is -0.346 e. The van der Waals surface area contributed by atoms with Crippen molar-refractivity contribution >= 4 is 22.6 Å². The molecule has 2 N–H and O–H groups in total. The van der Waals surface area contributed by atoms with Crippen molar-refractivity contribution in [2.24, 2.45) is 0 Å². The molecule has 3 aromatic rings. The number of H-pyrrole nitrogens is 1. The molecule has 1 fully saturated rings. The Balaban J connectivity index is 1.30. The smallest absolute Gasteiger partial charge is 0.317 e. The lowest BCUT2D eigenvalue weighted by Crippen LogP contribution is -2.44. The first kappa shape index (κ1) is 23.5. The molecule has 184 valence electrons. The van der Waals surface area contributed by atoms with E-state index in [9.17, 15) is 4.79 Å². The second-order valence-electron chi connectivity index (χ2n) is 9.97. The molecule has 1 saturated heterocycles. The molecule has 0 saturated carbocycles. The highest BCUT2D eigenvalue weighted by atomic mass is 16.2. The summed E-state index contributed by atoms with van der Waals surface area (Å²) in [7, 11) is 2.18. The Kier molecular flexibility index (Phi) is 6.83. The molecule has 0 unspecified atom stereocenters. The van der Waals surface area contributed by atoms with Gasteiger partial charge in [0.1, 0.15) is 5.65 Å². The second kappa shape index (κ2) is 10.2. The summed E-state index contributed by atoms with van der Waals surface area (Å²) in [6.45, 7) is 10.6. The Bertz CT molecular complexity index is 1210. The molecule has 2 aliphatic rings. The van der Waals surface area contributed by atoms with E-state index < -0.39 is 0 Å². The van der Waals surface area contributed by atoms with Gasteiger partial charge in [0.15, 0.2) is 0 Å². The summed E-state index contributed by atoms with van der Waals surface area (Å²) in [5.41, 5.74) is 6.54. The Morgan fingerprint density at radius 1 is 1.09 bits per heavy atom. The van der Waals surface area contributed by atoms with E-state index in [0.717, 1.165) is 72.6 Å². The molecular formula is C27H35N7O. The molecular weight excluding hydrogens is 438 g/mol. The lowest BCUT2D eigenvalue weighted by Gasteiger charge is -2.32. The van der Waals surface area contributed by atoms with Gasteiger partial charge in [0.25, 0.3) is 0 Å². The number of hydrogen-bond acceptors (Lipinski definition) is 5. The van der Waals surface area contributed by atoms with E-state index in [1.165, 1.54) is 5.57 Å². The normalized spacial score (nSPS) is 17.7. The molecule has 0 spiro atoms. The molecule has 8 heteroatoms. The van der Waals surface area contributed by atoms with Crippen molar-refractivity contribution in [3.63, 3.8) is 0 Å². The molecule has 0 radical (unpaired) electrons. The van der Waals surface area contributed by atoms with Crippen LogP contribution in [-0.4, -0.2) is 88.0 Å². The zero-order valence-electron chi connectivity index (χ0n) is 20.9. The van der Waals surface area contributed by atoms with Crippen LogP contribution in [0, 0.1) is 0 Å². The number of amides is 2. The SMILES string of the molecule is CC(C)NC(=O)N1CC=C(c2c[nH]c3ncc(-c4ccc(CN5CCN(C)CC5)nc4)cc23)CC1. The lowest BCUT2D eigenvalue weighted by atomic mass is 9.98. The third kappa shape index (κ3) is 5.39. The average Bonchev–Trinajstić information content (AvgIpc) is 3.29. The lowest BCUT2D eigenvalue weighted by molar-refractivity contribution is 0.147. The van der Waals surface area contributed by atoms with Gasteiger partial charge in [-0.1, -0.05) is 12.1 Å². The predicted molar refractivity (Wildman–Crippen MR) is 140 cm³/mol. The number of nitrogens with one attached hydrogen (secondary N) is 2. The van der Waals surface area contributed by atoms with E-state index in [4.69, 9.17) is 4.98 Å². The van der Waals surface area contributed by atoms with Gasteiger partial charge in [0.2, 0.25) is 0 Å². The van der Waals surface area contributed by atoms with Crippen LogP contribution in [0.4, 0.5) is 4.79 Å². The number of aromatic nitrogens is 3. The fourth-order valence-corrected chi connectivity index (χ4v) is 4.79. The van der Waals surface area contributed by atoms with Crippen molar-refractivity contribution in [3.8, 4) is 11.1 Å². The van der Waals surface area contributed by atoms with Crippen molar-refractivity contribution in [2.45, 2.75) is 32.9 Å². The number of rotatable bonds is 5. The molecule has 8 nitrogen and oxygen atoms in total.